The summed E-state index contributed by atoms with van der Waals surface area (Å²) in [6, 6.07) is 0.555. The van der Waals surface area contributed by atoms with Gasteiger partial charge in [-0.15, -0.1) is 0 Å². The zero-order chi connectivity index (χ0) is 15.2. The fourth-order valence-electron chi connectivity index (χ4n) is 2.72. The number of aromatic nitrogens is 3. The van der Waals surface area contributed by atoms with E-state index in [1.807, 2.05) is 11.6 Å². The van der Waals surface area contributed by atoms with Crippen molar-refractivity contribution in [3.63, 3.8) is 0 Å². The Kier molecular flexibility index (Phi) is 5.55. The molecule has 1 unspecified atom stereocenters. The molecule has 1 N–H and O–H groups in total. The normalized spacial score (nSPS) is 17.8. The van der Waals surface area contributed by atoms with Gasteiger partial charge in [0.2, 0.25) is 0 Å². The molecule has 1 fully saturated rings. The Morgan fingerprint density at radius 3 is 2.81 bits per heavy atom. The van der Waals surface area contributed by atoms with Crippen molar-refractivity contribution in [2.75, 3.05) is 19.7 Å². The molecule has 0 bridgehead atoms. The molecule has 7 nitrogen and oxygen atoms in total. The van der Waals surface area contributed by atoms with Crippen LogP contribution in [-0.2, 0) is 11.3 Å². The summed E-state index contributed by atoms with van der Waals surface area (Å²) in [5.74, 6) is 0.963. The molecule has 1 aliphatic rings. The number of nitrogens with zero attached hydrogens (tertiary/aromatic N) is 4. The van der Waals surface area contributed by atoms with Crippen LogP contribution in [0.15, 0.2) is 6.33 Å². The molecule has 1 aromatic rings. The average Bonchev–Trinajstić information content (AvgIpc) is 2.97. The SMILES string of the molecule is CCOC(=O)N1CCC(NC(C)c2ncnn2CC)CC1. The number of aryl methyl sites for hydroxylation is 1. The number of ether oxygens (including phenoxy) is 1. The second kappa shape index (κ2) is 7.40. The molecule has 0 radical (unpaired) electrons. The minimum Gasteiger partial charge on any atom is -0.450 e. The molecule has 2 rings (SSSR count). The summed E-state index contributed by atoms with van der Waals surface area (Å²) in [6.45, 7) is 8.73. The van der Waals surface area contributed by atoms with Crippen LogP contribution in [0.1, 0.15) is 45.5 Å². The van der Waals surface area contributed by atoms with Gasteiger partial charge >= 0.3 is 6.09 Å². The van der Waals surface area contributed by atoms with Crippen molar-refractivity contribution in [1.29, 1.82) is 0 Å². The van der Waals surface area contributed by atoms with Crippen LogP contribution in [0.2, 0.25) is 0 Å². The zero-order valence-electron chi connectivity index (χ0n) is 13.1. The van der Waals surface area contributed by atoms with Gasteiger partial charge in [0.05, 0.1) is 12.6 Å². The number of rotatable bonds is 5. The van der Waals surface area contributed by atoms with Crippen LogP contribution in [0.5, 0.6) is 0 Å². The lowest BCUT2D eigenvalue weighted by Gasteiger charge is -2.33. The summed E-state index contributed by atoms with van der Waals surface area (Å²) >= 11 is 0. The van der Waals surface area contributed by atoms with Crippen molar-refractivity contribution in [2.24, 2.45) is 0 Å². The van der Waals surface area contributed by atoms with Crippen molar-refractivity contribution in [1.82, 2.24) is 25.0 Å². The van der Waals surface area contributed by atoms with Crippen molar-refractivity contribution in [2.45, 2.75) is 52.2 Å². The second-order valence-electron chi connectivity index (χ2n) is 5.28. The first-order chi connectivity index (χ1) is 10.2. The van der Waals surface area contributed by atoms with Crippen LogP contribution in [-0.4, -0.2) is 51.5 Å². The summed E-state index contributed by atoms with van der Waals surface area (Å²) in [5.41, 5.74) is 0. The van der Waals surface area contributed by atoms with Crippen LogP contribution >= 0.6 is 0 Å². The Bertz CT molecular complexity index is 454. The number of likely N-dealkylation sites (tertiary alicyclic amines) is 1. The molecular formula is C14H25N5O2. The predicted octanol–water partition coefficient (Wildman–Crippen LogP) is 1.57. The van der Waals surface area contributed by atoms with Gasteiger partial charge in [-0.25, -0.2) is 14.5 Å². The fraction of sp³-hybridized carbons (Fsp3) is 0.786. The Labute approximate surface area is 125 Å². The Morgan fingerprint density at radius 2 is 2.19 bits per heavy atom. The lowest BCUT2D eigenvalue weighted by atomic mass is 10.0. The van der Waals surface area contributed by atoms with Gasteiger partial charge in [0.1, 0.15) is 12.2 Å². The van der Waals surface area contributed by atoms with E-state index in [0.717, 1.165) is 38.3 Å². The highest BCUT2D eigenvalue weighted by Crippen LogP contribution is 2.16. The molecule has 1 aromatic heterocycles. The highest BCUT2D eigenvalue weighted by molar-refractivity contribution is 5.67. The summed E-state index contributed by atoms with van der Waals surface area (Å²) in [5, 5.41) is 7.79. The van der Waals surface area contributed by atoms with Gasteiger partial charge in [-0.05, 0) is 33.6 Å². The number of nitrogens with one attached hydrogen (secondary N) is 1. The van der Waals surface area contributed by atoms with Gasteiger partial charge in [-0.1, -0.05) is 0 Å². The average molecular weight is 295 g/mol. The highest BCUT2D eigenvalue weighted by Gasteiger charge is 2.25. The Balaban J connectivity index is 1.82. The van der Waals surface area contributed by atoms with E-state index in [-0.39, 0.29) is 12.1 Å². The maximum absolute atomic E-state index is 11.7. The second-order valence-corrected chi connectivity index (χ2v) is 5.28. The van der Waals surface area contributed by atoms with E-state index in [9.17, 15) is 4.79 Å². The first kappa shape index (κ1) is 15.8. The number of hydrogen-bond donors (Lipinski definition) is 1. The standard InChI is InChI=1S/C14H25N5O2/c1-4-19-13(15-10-16-19)11(3)17-12-6-8-18(9-7-12)14(20)21-5-2/h10-12,17H,4-9H2,1-3H3. The van der Waals surface area contributed by atoms with E-state index >= 15 is 0 Å². The molecule has 0 saturated carbocycles. The Morgan fingerprint density at radius 1 is 1.48 bits per heavy atom. The van der Waals surface area contributed by atoms with Crippen molar-refractivity contribution in [3.05, 3.63) is 12.2 Å². The predicted molar refractivity (Wildman–Crippen MR) is 78.9 cm³/mol. The molecule has 1 saturated heterocycles. The van der Waals surface area contributed by atoms with Crippen LogP contribution in [0.4, 0.5) is 4.79 Å². The minimum absolute atomic E-state index is 0.159. The van der Waals surface area contributed by atoms with E-state index in [0.29, 0.717) is 12.6 Å². The monoisotopic (exact) mass is 295 g/mol. The van der Waals surface area contributed by atoms with Crippen molar-refractivity contribution in [3.8, 4) is 0 Å². The van der Waals surface area contributed by atoms with Crippen LogP contribution in [0, 0.1) is 0 Å². The highest BCUT2D eigenvalue weighted by atomic mass is 16.6. The molecule has 1 atom stereocenters. The molecule has 1 aliphatic heterocycles. The van der Waals surface area contributed by atoms with E-state index in [1.165, 1.54) is 0 Å². The first-order valence-electron chi connectivity index (χ1n) is 7.71. The van der Waals surface area contributed by atoms with E-state index in [2.05, 4.69) is 29.2 Å². The van der Waals surface area contributed by atoms with Crippen molar-refractivity contribution < 1.29 is 9.53 Å². The Hall–Kier alpha value is -1.63. The molecule has 7 heteroatoms. The van der Waals surface area contributed by atoms with Gasteiger partial charge in [0.25, 0.3) is 0 Å². The largest absolute Gasteiger partial charge is 0.450 e. The quantitative estimate of drug-likeness (QED) is 0.892. The third kappa shape index (κ3) is 3.93. The first-order valence-corrected chi connectivity index (χ1v) is 7.71. The van der Waals surface area contributed by atoms with Crippen LogP contribution < -0.4 is 5.32 Å². The third-order valence-corrected chi connectivity index (χ3v) is 3.84. The molecule has 2 heterocycles. The number of carbonyl (C=O) groups is 1. The smallest absolute Gasteiger partial charge is 0.409 e. The number of piperidine rings is 1. The number of amides is 1. The minimum atomic E-state index is -0.199. The lowest BCUT2D eigenvalue weighted by molar-refractivity contribution is 0.0942. The zero-order valence-corrected chi connectivity index (χ0v) is 13.1. The molecule has 1 amide bonds. The van der Waals surface area contributed by atoms with Crippen LogP contribution in [0.25, 0.3) is 0 Å². The molecular weight excluding hydrogens is 270 g/mol. The van der Waals surface area contributed by atoms with E-state index in [4.69, 9.17) is 4.74 Å². The number of hydrogen-bond acceptors (Lipinski definition) is 5. The van der Waals surface area contributed by atoms with Crippen LogP contribution in [0.3, 0.4) is 0 Å². The molecule has 0 spiro atoms. The maximum Gasteiger partial charge on any atom is 0.409 e. The topological polar surface area (TPSA) is 72.3 Å². The summed E-state index contributed by atoms with van der Waals surface area (Å²) < 4.78 is 6.94. The third-order valence-electron chi connectivity index (χ3n) is 3.84. The molecule has 0 aliphatic carbocycles. The molecule has 0 aromatic carbocycles. The van der Waals surface area contributed by atoms with Gasteiger partial charge in [-0.3, -0.25) is 0 Å². The van der Waals surface area contributed by atoms with Gasteiger partial charge < -0.3 is 15.0 Å². The molecule has 21 heavy (non-hydrogen) atoms. The van der Waals surface area contributed by atoms with E-state index < -0.39 is 0 Å². The van der Waals surface area contributed by atoms with Gasteiger partial charge in [0, 0.05) is 25.7 Å². The van der Waals surface area contributed by atoms with Gasteiger partial charge in [-0.2, -0.15) is 5.10 Å². The fourth-order valence-corrected chi connectivity index (χ4v) is 2.72. The summed E-state index contributed by atoms with van der Waals surface area (Å²) in [6.07, 6.45) is 3.27. The van der Waals surface area contributed by atoms with Crippen molar-refractivity contribution >= 4 is 6.09 Å². The lowest BCUT2D eigenvalue weighted by Crippen LogP contribution is -2.45. The number of carbonyl (C=O) groups excluding carboxylic acids is 1. The summed E-state index contributed by atoms with van der Waals surface area (Å²) in [4.78, 5) is 17.8. The molecule has 118 valence electrons. The maximum atomic E-state index is 11.7. The van der Waals surface area contributed by atoms with E-state index in [1.54, 1.807) is 11.2 Å². The van der Waals surface area contributed by atoms with Gasteiger partial charge in [0.15, 0.2) is 0 Å². The summed E-state index contributed by atoms with van der Waals surface area (Å²) in [7, 11) is 0.